The molecule has 0 saturated heterocycles. The number of aryl methyl sites for hydroxylation is 3. The lowest BCUT2D eigenvalue weighted by molar-refractivity contribution is 0.154. The zero-order chi connectivity index (χ0) is 14.1. The number of hydrogen-bond donors (Lipinski definition) is 1. The normalized spacial score (nSPS) is 15.9. The maximum atomic E-state index is 10.5. The Morgan fingerprint density at radius 3 is 2.60 bits per heavy atom. The summed E-state index contributed by atoms with van der Waals surface area (Å²) in [5, 5.41) is 10.5. The molecular weight excluding hydrogens is 248 g/mol. The van der Waals surface area contributed by atoms with Gasteiger partial charge in [0.25, 0.3) is 0 Å². The van der Waals surface area contributed by atoms with Gasteiger partial charge in [0.2, 0.25) is 0 Å². The lowest BCUT2D eigenvalue weighted by Crippen LogP contribution is -2.14. The van der Waals surface area contributed by atoms with Crippen LogP contribution in [0.4, 0.5) is 0 Å². The van der Waals surface area contributed by atoms with E-state index in [1.54, 1.807) is 0 Å². The van der Waals surface area contributed by atoms with E-state index >= 15 is 0 Å². The van der Waals surface area contributed by atoms with Crippen molar-refractivity contribution in [2.45, 2.75) is 52.2 Å². The Morgan fingerprint density at radius 2 is 1.85 bits per heavy atom. The topological polar surface area (TPSA) is 38.0 Å². The van der Waals surface area contributed by atoms with Crippen molar-refractivity contribution in [1.82, 2.24) is 9.55 Å². The van der Waals surface area contributed by atoms with Crippen LogP contribution in [0.5, 0.6) is 0 Å². The average molecular weight is 270 g/mol. The quantitative estimate of drug-likeness (QED) is 0.930. The molecule has 0 bridgehead atoms. The first-order chi connectivity index (χ1) is 9.65. The summed E-state index contributed by atoms with van der Waals surface area (Å²) in [6.07, 6.45) is 4.19. The van der Waals surface area contributed by atoms with E-state index in [2.05, 4.69) is 28.6 Å². The molecule has 0 amide bonds. The number of benzene rings is 1. The smallest absolute Gasteiger partial charge is 0.106 e. The molecule has 20 heavy (non-hydrogen) atoms. The minimum atomic E-state index is -0.463. The van der Waals surface area contributed by atoms with Crippen LogP contribution in [-0.4, -0.2) is 14.7 Å². The van der Waals surface area contributed by atoms with Gasteiger partial charge < -0.3 is 9.67 Å². The summed E-state index contributed by atoms with van der Waals surface area (Å²) in [5.41, 5.74) is 4.77. The molecule has 0 saturated carbocycles. The summed E-state index contributed by atoms with van der Waals surface area (Å²) in [7, 11) is 0. The number of nitrogens with zero attached hydrogens (tertiary/aromatic N) is 2. The molecule has 1 atom stereocenters. The first-order valence-corrected chi connectivity index (χ1v) is 7.44. The molecule has 106 valence electrons. The fourth-order valence-electron chi connectivity index (χ4n) is 3.04. The first kappa shape index (κ1) is 13.4. The highest BCUT2D eigenvalue weighted by atomic mass is 16.3. The fourth-order valence-corrected chi connectivity index (χ4v) is 3.04. The van der Waals surface area contributed by atoms with Gasteiger partial charge in [-0.3, -0.25) is 0 Å². The number of aromatic nitrogens is 2. The van der Waals surface area contributed by atoms with Crippen LogP contribution in [0.25, 0.3) is 0 Å². The van der Waals surface area contributed by atoms with Gasteiger partial charge in [0.1, 0.15) is 5.82 Å². The monoisotopic (exact) mass is 270 g/mol. The molecule has 3 rings (SSSR count). The maximum absolute atomic E-state index is 10.5. The zero-order valence-electron chi connectivity index (χ0n) is 12.3. The number of hydrogen-bond acceptors (Lipinski definition) is 2. The Hall–Kier alpha value is -1.61. The van der Waals surface area contributed by atoms with Crippen LogP contribution in [0, 0.1) is 13.8 Å². The molecule has 1 aliphatic carbocycles. The molecule has 1 aromatic carbocycles. The lowest BCUT2D eigenvalue weighted by Gasteiger charge is -2.18. The van der Waals surface area contributed by atoms with Crippen molar-refractivity contribution >= 4 is 0 Å². The standard InChI is InChI=1S/C17H22N2O/c1-12-7-9-14(10-8-12)17(20)11-19-13(2)18-15-5-3-4-6-16(15)19/h7-10,17,20H,3-6,11H2,1-2H3. The van der Waals surface area contributed by atoms with E-state index in [9.17, 15) is 5.11 Å². The Morgan fingerprint density at radius 1 is 1.15 bits per heavy atom. The Kier molecular flexibility index (Phi) is 3.62. The van der Waals surface area contributed by atoms with E-state index in [-0.39, 0.29) is 0 Å². The molecule has 1 N–H and O–H groups in total. The summed E-state index contributed by atoms with van der Waals surface area (Å²) >= 11 is 0. The Labute approximate surface area is 120 Å². The summed E-state index contributed by atoms with van der Waals surface area (Å²) in [4.78, 5) is 4.66. The number of aliphatic hydroxyl groups is 1. The molecule has 3 nitrogen and oxygen atoms in total. The van der Waals surface area contributed by atoms with E-state index < -0.39 is 6.10 Å². The number of aliphatic hydroxyl groups excluding tert-OH is 1. The predicted octanol–water partition coefficient (Wildman–Crippen LogP) is 3.11. The van der Waals surface area contributed by atoms with E-state index in [0.717, 1.165) is 24.2 Å². The van der Waals surface area contributed by atoms with Crippen molar-refractivity contribution in [3.8, 4) is 0 Å². The van der Waals surface area contributed by atoms with Crippen LogP contribution in [0.2, 0.25) is 0 Å². The van der Waals surface area contributed by atoms with Crippen molar-refractivity contribution in [2.24, 2.45) is 0 Å². The summed E-state index contributed by atoms with van der Waals surface area (Å²) in [6, 6.07) is 8.13. The fraction of sp³-hybridized carbons (Fsp3) is 0.471. The van der Waals surface area contributed by atoms with E-state index in [1.807, 2.05) is 19.1 Å². The summed E-state index contributed by atoms with van der Waals surface area (Å²) in [6.45, 7) is 4.71. The molecule has 0 spiro atoms. The first-order valence-electron chi connectivity index (χ1n) is 7.44. The maximum Gasteiger partial charge on any atom is 0.106 e. The largest absolute Gasteiger partial charge is 0.387 e. The molecule has 1 unspecified atom stereocenters. The summed E-state index contributed by atoms with van der Waals surface area (Å²) < 4.78 is 2.21. The molecule has 0 aliphatic heterocycles. The van der Waals surface area contributed by atoms with Crippen molar-refractivity contribution in [1.29, 1.82) is 0 Å². The van der Waals surface area contributed by atoms with Crippen LogP contribution in [-0.2, 0) is 19.4 Å². The zero-order valence-corrected chi connectivity index (χ0v) is 12.3. The van der Waals surface area contributed by atoms with Gasteiger partial charge in [-0.1, -0.05) is 29.8 Å². The molecule has 3 heteroatoms. The van der Waals surface area contributed by atoms with Crippen LogP contribution in [0.3, 0.4) is 0 Å². The van der Waals surface area contributed by atoms with Crippen LogP contribution in [0.1, 0.15) is 47.3 Å². The van der Waals surface area contributed by atoms with Crippen LogP contribution < -0.4 is 0 Å². The second-order valence-corrected chi connectivity index (χ2v) is 5.80. The number of rotatable bonds is 3. The molecule has 0 radical (unpaired) electrons. The van der Waals surface area contributed by atoms with Crippen molar-refractivity contribution in [3.05, 3.63) is 52.6 Å². The second-order valence-electron chi connectivity index (χ2n) is 5.80. The molecule has 1 aliphatic rings. The predicted molar refractivity (Wildman–Crippen MR) is 79.7 cm³/mol. The highest BCUT2D eigenvalue weighted by Crippen LogP contribution is 2.25. The van der Waals surface area contributed by atoms with Gasteiger partial charge in [-0.2, -0.15) is 0 Å². The van der Waals surface area contributed by atoms with Gasteiger partial charge >= 0.3 is 0 Å². The van der Waals surface area contributed by atoms with Crippen molar-refractivity contribution < 1.29 is 5.11 Å². The third-order valence-electron chi connectivity index (χ3n) is 4.24. The number of imidazole rings is 1. The molecular formula is C17H22N2O. The molecule has 2 aromatic rings. The minimum Gasteiger partial charge on any atom is -0.387 e. The second kappa shape index (κ2) is 5.41. The van der Waals surface area contributed by atoms with Gasteiger partial charge in [-0.15, -0.1) is 0 Å². The third-order valence-corrected chi connectivity index (χ3v) is 4.24. The third kappa shape index (κ3) is 2.50. The van der Waals surface area contributed by atoms with Gasteiger partial charge in [0, 0.05) is 5.69 Å². The molecule has 1 heterocycles. The highest BCUT2D eigenvalue weighted by Gasteiger charge is 2.20. The van der Waals surface area contributed by atoms with Crippen molar-refractivity contribution in [2.75, 3.05) is 0 Å². The molecule has 0 fully saturated rings. The lowest BCUT2D eigenvalue weighted by atomic mass is 10.0. The average Bonchev–Trinajstić information content (AvgIpc) is 2.76. The SMILES string of the molecule is Cc1ccc(C(O)Cn2c(C)nc3c2CCCC3)cc1. The van der Waals surface area contributed by atoms with E-state index in [0.29, 0.717) is 6.54 Å². The van der Waals surface area contributed by atoms with Gasteiger partial charge in [0.05, 0.1) is 18.3 Å². The van der Waals surface area contributed by atoms with E-state index in [4.69, 9.17) is 0 Å². The van der Waals surface area contributed by atoms with Gasteiger partial charge in [-0.25, -0.2) is 4.98 Å². The summed E-state index contributed by atoms with van der Waals surface area (Å²) in [5.74, 6) is 1.03. The van der Waals surface area contributed by atoms with Gasteiger partial charge in [-0.05, 0) is 45.1 Å². The Bertz CT molecular complexity index is 598. The van der Waals surface area contributed by atoms with E-state index in [1.165, 1.54) is 29.8 Å². The Balaban J connectivity index is 1.84. The molecule has 1 aromatic heterocycles. The van der Waals surface area contributed by atoms with Gasteiger partial charge in [0.15, 0.2) is 0 Å². The number of fused-ring (bicyclic) bond motifs is 1. The minimum absolute atomic E-state index is 0.463. The van der Waals surface area contributed by atoms with Crippen molar-refractivity contribution in [3.63, 3.8) is 0 Å². The van der Waals surface area contributed by atoms with Crippen LogP contribution >= 0.6 is 0 Å². The van der Waals surface area contributed by atoms with Crippen LogP contribution in [0.15, 0.2) is 24.3 Å². The highest BCUT2D eigenvalue weighted by molar-refractivity contribution is 5.24.